The zero-order chi connectivity index (χ0) is 12.3. The number of ketones is 1. The predicted molar refractivity (Wildman–Crippen MR) is 61.1 cm³/mol. The van der Waals surface area contributed by atoms with Gasteiger partial charge < -0.3 is 9.47 Å². The largest absolute Gasteiger partial charge is 0.486 e. The van der Waals surface area contributed by atoms with Crippen LogP contribution in [-0.2, 0) is 4.79 Å². The Morgan fingerprint density at radius 1 is 1.41 bits per heavy atom. The van der Waals surface area contributed by atoms with Crippen molar-refractivity contribution in [3.63, 3.8) is 0 Å². The van der Waals surface area contributed by atoms with E-state index in [0.717, 1.165) is 0 Å². The maximum Gasteiger partial charge on any atom is 0.161 e. The molecule has 0 radical (unpaired) electrons. The Labute approximate surface area is 99.8 Å². The summed E-state index contributed by atoms with van der Waals surface area (Å²) in [4.78, 5) is 11.6. The van der Waals surface area contributed by atoms with Gasteiger partial charge in [0.05, 0.1) is 6.07 Å². The van der Waals surface area contributed by atoms with Crippen molar-refractivity contribution in [2.45, 2.75) is 19.3 Å². The van der Waals surface area contributed by atoms with Crippen molar-refractivity contribution >= 4 is 5.78 Å². The topological polar surface area (TPSA) is 59.3 Å². The summed E-state index contributed by atoms with van der Waals surface area (Å²) in [6, 6.07) is 7.24. The van der Waals surface area contributed by atoms with Crippen LogP contribution in [0.5, 0.6) is 11.5 Å². The Morgan fingerprint density at radius 3 is 2.76 bits per heavy atom. The van der Waals surface area contributed by atoms with Crippen LogP contribution in [0.4, 0.5) is 0 Å². The number of hydrogen-bond donors (Lipinski definition) is 0. The molecule has 4 heteroatoms. The highest BCUT2D eigenvalue weighted by Crippen LogP contribution is 2.33. The number of carbonyl (C=O) groups excluding carboxylic acids is 1. The highest BCUT2D eigenvalue weighted by Gasteiger charge is 2.21. The molecule has 0 N–H and O–H groups in total. The lowest BCUT2D eigenvalue weighted by Crippen LogP contribution is -2.16. The van der Waals surface area contributed by atoms with Crippen molar-refractivity contribution in [3.8, 4) is 17.6 Å². The van der Waals surface area contributed by atoms with Gasteiger partial charge in [-0.05, 0) is 17.7 Å². The molecule has 4 nitrogen and oxygen atoms in total. The van der Waals surface area contributed by atoms with Crippen molar-refractivity contribution in [1.82, 2.24) is 0 Å². The minimum Gasteiger partial charge on any atom is -0.486 e. The first-order chi connectivity index (χ1) is 8.26. The van der Waals surface area contributed by atoms with Gasteiger partial charge in [0.1, 0.15) is 19.1 Å². The summed E-state index contributed by atoms with van der Waals surface area (Å²) < 4.78 is 10.8. The molecule has 0 aliphatic carbocycles. The molecule has 0 amide bonds. The first-order valence-electron chi connectivity index (χ1n) is 5.58. The summed E-state index contributed by atoms with van der Waals surface area (Å²) >= 11 is 0. The zero-order valence-electron chi connectivity index (χ0n) is 9.60. The van der Waals surface area contributed by atoms with Crippen LogP contribution in [0.1, 0.15) is 24.8 Å². The van der Waals surface area contributed by atoms with E-state index in [4.69, 9.17) is 14.7 Å². The lowest BCUT2D eigenvalue weighted by atomic mass is 9.94. The summed E-state index contributed by atoms with van der Waals surface area (Å²) in [7, 11) is 0. The number of nitriles is 1. The Balaban J connectivity index is 2.33. The van der Waals surface area contributed by atoms with E-state index in [0.29, 0.717) is 36.7 Å². The predicted octanol–water partition coefficient (Wildman–Crippen LogP) is 2.04. The molecule has 88 valence electrons. The molecule has 0 aromatic heterocycles. The summed E-state index contributed by atoms with van der Waals surface area (Å²) in [5.41, 5.74) is 0.670. The summed E-state index contributed by atoms with van der Waals surface area (Å²) in [5.74, 6) is 0.485. The number of ether oxygens (including phenoxy) is 2. The minimum absolute atomic E-state index is 0.0795. The number of Topliss-reactive ketones (excluding diaryl/α,β-unsaturated/α-hetero) is 1. The third-order valence-electron chi connectivity index (χ3n) is 2.70. The molecule has 2 rings (SSSR count). The molecule has 1 aromatic carbocycles. The first kappa shape index (κ1) is 11.5. The lowest BCUT2D eigenvalue weighted by molar-refractivity contribution is -0.119. The van der Waals surface area contributed by atoms with Crippen LogP contribution in [0, 0.1) is 11.3 Å². The highest BCUT2D eigenvalue weighted by atomic mass is 16.6. The number of nitrogens with zero attached hydrogens (tertiary/aromatic N) is 1. The highest BCUT2D eigenvalue weighted by molar-refractivity contribution is 5.88. The van der Waals surface area contributed by atoms with Gasteiger partial charge in [0.15, 0.2) is 17.3 Å². The van der Waals surface area contributed by atoms with Crippen molar-refractivity contribution in [2.24, 2.45) is 0 Å². The van der Waals surface area contributed by atoms with Crippen LogP contribution >= 0.6 is 0 Å². The summed E-state index contributed by atoms with van der Waals surface area (Å²) in [6.07, 6.45) is 0.354. The van der Waals surface area contributed by atoms with E-state index in [2.05, 4.69) is 0 Å². The number of carbonyl (C=O) groups is 1. The second-order valence-corrected chi connectivity index (χ2v) is 3.79. The van der Waals surface area contributed by atoms with Gasteiger partial charge in [-0.2, -0.15) is 5.26 Å². The van der Waals surface area contributed by atoms with E-state index >= 15 is 0 Å². The van der Waals surface area contributed by atoms with E-state index in [1.165, 1.54) is 0 Å². The van der Waals surface area contributed by atoms with Crippen molar-refractivity contribution in [3.05, 3.63) is 23.8 Å². The molecule has 1 heterocycles. The second kappa shape index (κ2) is 4.88. The molecule has 1 unspecified atom stereocenters. The van der Waals surface area contributed by atoms with E-state index in [1.807, 2.05) is 6.07 Å². The van der Waals surface area contributed by atoms with Crippen molar-refractivity contribution in [2.75, 3.05) is 13.2 Å². The first-order valence-corrected chi connectivity index (χ1v) is 5.58. The van der Waals surface area contributed by atoms with E-state index in [9.17, 15) is 4.79 Å². The third-order valence-corrected chi connectivity index (χ3v) is 2.70. The van der Waals surface area contributed by atoms with E-state index in [-0.39, 0.29) is 5.78 Å². The maximum atomic E-state index is 11.6. The molecular formula is C13H13NO3. The Kier molecular flexibility index (Phi) is 3.29. The molecule has 1 aromatic rings. The van der Waals surface area contributed by atoms with Gasteiger partial charge >= 0.3 is 0 Å². The number of rotatable bonds is 3. The van der Waals surface area contributed by atoms with Crippen LogP contribution in [0.2, 0.25) is 0 Å². The van der Waals surface area contributed by atoms with Crippen LogP contribution in [0.15, 0.2) is 18.2 Å². The minimum atomic E-state index is -0.712. The Hall–Kier alpha value is -2.02. The van der Waals surface area contributed by atoms with Crippen molar-refractivity contribution in [1.29, 1.82) is 5.26 Å². The van der Waals surface area contributed by atoms with Gasteiger partial charge in [-0.1, -0.05) is 13.0 Å². The van der Waals surface area contributed by atoms with Crippen LogP contribution in [-0.4, -0.2) is 19.0 Å². The maximum absolute atomic E-state index is 11.6. The van der Waals surface area contributed by atoms with Gasteiger partial charge in [0, 0.05) is 6.42 Å². The molecule has 1 aliphatic rings. The fraction of sp³-hybridized carbons (Fsp3) is 0.385. The summed E-state index contributed by atoms with van der Waals surface area (Å²) in [5, 5.41) is 9.04. The average molecular weight is 231 g/mol. The van der Waals surface area contributed by atoms with Gasteiger partial charge in [-0.3, -0.25) is 4.79 Å². The number of fused-ring (bicyclic) bond motifs is 1. The molecule has 0 saturated carbocycles. The van der Waals surface area contributed by atoms with Crippen LogP contribution < -0.4 is 9.47 Å². The smallest absolute Gasteiger partial charge is 0.161 e. The fourth-order valence-electron chi connectivity index (χ4n) is 1.78. The third kappa shape index (κ3) is 2.23. The Bertz CT molecular complexity index is 476. The standard InChI is InChI=1S/C13H13NO3/c1-2-11(15)10(8-14)9-3-4-12-13(7-9)17-6-5-16-12/h3-4,7,10H,2,5-6H2,1H3. The number of hydrogen-bond acceptors (Lipinski definition) is 4. The van der Waals surface area contributed by atoms with Crippen LogP contribution in [0.3, 0.4) is 0 Å². The number of benzene rings is 1. The van der Waals surface area contributed by atoms with E-state index < -0.39 is 5.92 Å². The van der Waals surface area contributed by atoms with Gasteiger partial charge in [-0.15, -0.1) is 0 Å². The SMILES string of the molecule is CCC(=O)C(C#N)c1ccc2c(c1)OCCO2. The van der Waals surface area contributed by atoms with Gasteiger partial charge in [0.25, 0.3) is 0 Å². The van der Waals surface area contributed by atoms with Crippen molar-refractivity contribution < 1.29 is 14.3 Å². The monoisotopic (exact) mass is 231 g/mol. The fourth-order valence-corrected chi connectivity index (χ4v) is 1.78. The quantitative estimate of drug-likeness (QED) is 0.798. The molecule has 17 heavy (non-hydrogen) atoms. The van der Waals surface area contributed by atoms with E-state index in [1.54, 1.807) is 25.1 Å². The van der Waals surface area contributed by atoms with Gasteiger partial charge in [-0.25, -0.2) is 0 Å². The lowest BCUT2D eigenvalue weighted by Gasteiger charge is -2.19. The zero-order valence-corrected chi connectivity index (χ0v) is 9.60. The molecular weight excluding hydrogens is 218 g/mol. The summed E-state index contributed by atoms with van der Waals surface area (Å²) in [6.45, 7) is 2.78. The molecule has 1 atom stereocenters. The van der Waals surface area contributed by atoms with Gasteiger partial charge in [0.2, 0.25) is 0 Å². The molecule has 0 spiro atoms. The second-order valence-electron chi connectivity index (χ2n) is 3.79. The average Bonchev–Trinajstić information content (AvgIpc) is 2.39. The molecule has 0 fully saturated rings. The Morgan fingerprint density at radius 2 is 2.12 bits per heavy atom. The molecule has 1 aliphatic heterocycles. The molecule has 0 saturated heterocycles. The normalized spacial score (nSPS) is 14.8. The van der Waals surface area contributed by atoms with Crippen LogP contribution in [0.25, 0.3) is 0 Å². The molecule has 0 bridgehead atoms.